The molecule has 1 saturated heterocycles. The van der Waals surface area contributed by atoms with Gasteiger partial charge < -0.3 is 16.0 Å². The fourth-order valence-electron chi connectivity index (χ4n) is 2.32. The molecular weight excluding hydrogens is 318 g/mol. The molecule has 20 heavy (non-hydrogen) atoms. The summed E-state index contributed by atoms with van der Waals surface area (Å²) in [6.07, 6.45) is 2.43. The minimum Gasteiger partial charge on any atom is -0.381 e. The number of rotatable bonds is 5. The van der Waals surface area contributed by atoms with E-state index >= 15 is 0 Å². The summed E-state index contributed by atoms with van der Waals surface area (Å²) in [6, 6.07) is 6.56. The monoisotopic (exact) mass is 337 g/mol. The molecule has 1 atom stereocenters. The van der Waals surface area contributed by atoms with Gasteiger partial charge in [-0.15, -0.1) is 0 Å². The molecule has 4 nitrogen and oxygen atoms in total. The molecule has 1 aromatic carbocycles. The van der Waals surface area contributed by atoms with E-state index in [1.54, 1.807) is 0 Å². The van der Waals surface area contributed by atoms with Crippen molar-refractivity contribution in [2.24, 2.45) is 11.8 Å². The highest BCUT2D eigenvalue weighted by Gasteiger charge is 2.29. The van der Waals surface area contributed by atoms with Gasteiger partial charge in [0, 0.05) is 16.4 Å². The molecule has 1 aliphatic heterocycles. The summed E-state index contributed by atoms with van der Waals surface area (Å²) in [5.41, 5.74) is 1.89. The van der Waals surface area contributed by atoms with Gasteiger partial charge in [-0.2, -0.15) is 0 Å². The van der Waals surface area contributed by atoms with E-state index < -0.39 is 0 Å². The van der Waals surface area contributed by atoms with Gasteiger partial charge in [0.25, 0.3) is 0 Å². The van der Waals surface area contributed by atoms with E-state index in [1.807, 2.05) is 25.1 Å². The molecule has 1 amide bonds. The van der Waals surface area contributed by atoms with Crippen molar-refractivity contribution in [3.05, 3.63) is 22.7 Å². The number of hydrogen-bond donors (Lipinski definition) is 3. The Balaban J connectivity index is 1.70. The van der Waals surface area contributed by atoms with Crippen LogP contribution >= 0.6 is 15.9 Å². The first-order valence-electron chi connectivity index (χ1n) is 7.21. The lowest BCUT2D eigenvalue weighted by atomic mass is 9.88. The molecule has 2 fully saturated rings. The normalized spacial score (nSPS) is 20.1. The average Bonchev–Trinajstić information content (AvgIpc) is 3.14. The fraction of sp³-hybridized carbons (Fsp3) is 0.533. The topological polar surface area (TPSA) is 53.2 Å². The van der Waals surface area contributed by atoms with E-state index in [1.165, 1.54) is 12.8 Å². The highest BCUT2D eigenvalue weighted by atomic mass is 79.9. The van der Waals surface area contributed by atoms with E-state index in [0.29, 0.717) is 12.0 Å². The molecule has 108 valence electrons. The van der Waals surface area contributed by atoms with Crippen LogP contribution in [0.4, 0.5) is 11.4 Å². The Kier molecular flexibility index (Phi) is 3.98. The molecule has 0 aromatic heterocycles. The number of carbonyl (C=O) groups is 1. The van der Waals surface area contributed by atoms with Crippen molar-refractivity contribution in [1.82, 2.24) is 5.32 Å². The first-order valence-corrected chi connectivity index (χ1v) is 8.00. The van der Waals surface area contributed by atoms with E-state index in [2.05, 4.69) is 31.9 Å². The van der Waals surface area contributed by atoms with Gasteiger partial charge >= 0.3 is 0 Å². The smallest absolute Gasteiger partial charge is 0.227 e. The molecule has 1 heterocycles. The Hall–Kier alpha value is -1.07. The standard InChI is InChI=1S/C15H20BrN3O/c1-9(10-7-17-8-10)15(20)19-14-6-11(16)2-5-13(14)18-12-3-4-12/h2,5-6,9-10,12,17-18H,3-4,7-8H2,1H3,(H,19,20). The lowest BCUT2D eigenvalue weighted by Crippen LogP contribution is -2.48. The molecule has 1 saturated carbocycles. The van der Waals surface area contributed by atoms with Gasteiger partial charge in [0.15, 0.2) is 0 Å². The number of amides is 1. The molecule has 3 N–H and O–H groups in total. The van der Waals surface area contributed by atoms with Crippen LogP contribution in [-0.2, 0) is 4.79 Å². The van der Waals surface area contributed by atoms with Gasteiger partial charge in [-0.25, -0.2) is 0 Å². The molecule has 1 aromatic rings. The van der Waals surface area contributed by atoms with Crippen LogP contribution in [0, 0.1) is 11.8 Å². The van der Waals surface area contributed by atoms with Gasteiger partial charge in [-0.05, 0) is 50.0 Å². The second kappa shape index (κ2) is 5.74. The summed E-state index contributed by atoms with van der Waals surface area (Å²) in [7, 11) is 0. The third kappa shape index (κ3) is 3.15. The zero-order chi connectivity index (χ0) is 14.1. The Labute approximate surface area is 127 Å². The second-order valence-corrected chi connectivity index (χ2v) is 6.72. The van der Waals surface area contributed by atoms with E-state index in [4.69, 9.17) is 0 Å². The quantitative estimate of drug-likeness (QED) is 0.774. The van der Waals surface area contributed by atoms with Crippen LogP contribution in [0.15, 0.2) is 22.7 Å². The minimum atomic E-state index is 0.0454. The first kappa shape index (κ1) is 13.9. The van der Waals surface area contributed by atoms with Gasteiger partial charge in [-0.1, -0.05) is 22.9 Å². The van der Waals surface area contributed by atoms with Gasteiger partial charge in [0.05, 0.1) is 11.4 Å². The second-order valence-electron chi connectivity index (χ2n) is 5.80. The van der Waals surface area contributed by atoms with Crippen LogP contribution in [0.2, 0.25) is 0 Å². The number of benzene rings is 1. The summed E-state index contributed by atoms with van der Waals surface area (Å²) in [5.74, 6) is 0.611. The Morgan fingerprint density at radius 3 is 2.70 bits per heavy atom. The number of hydrogen-bond acceptors (Lipinski definition) is 3. The number of nitrogens with one attached hydrogen (secondary N) is 3. The zero-order valence-electron chi connectivity index (χ0n) is 11.6. The van der Waals surface area contributed by atoms with Crippen molar-refractivity contribution in [3.8, 4) is 0 Å². The number of carbonyl (C=O) groups excluding carboxylic acids is 1. The van der Waals surface area contributed by atoms with Gasteiger partial charge in [0.2, 0.25) is 5.91 Å². The molecule has 1 unspecified atom stereocenters. The highest BCUT2D eigenvalue weighted by molar-refractivity contribution is 9.10. The van der Waals surface area contributed by atoms with Crippen molar-refractivity contribution in [1.29, 1.82) is 0 Å². The van der Waals surface area contributed by atoms with Crippen LogP contribution in [0.1, 0.15) is 19.8 Å². The minimum absolute atomic E-state index is 0.0454. The maximum Gasteiger partial charge on any atom is 0.227 e. The summed E-state index contributed by atoms with van der Waals surface area (Å²) >= 11 is 3.47. The summed E-state index contributed by atoms with van der Waals surface area (Å²) in [4.78, 5) is 12.3. The zero-order valence-corrected chi connectivity index (χ0v) is 13.2. The van der Waals surface area contributed by atoms with Crippen LogP contribution in [0.25, 0.3) is 0 Å². The summed E-state index contributed by atoms with van der Waals surface area (Å²) in [5, 5.41) is 9.76. The van der Waals surface area contributed by atoms with Gasteiger partial charge in [-0.3, -0.25) is 4.79 Å². The third-order valence-electron chi connectivity index (χ3n) is 4.11. The lowest BCUT2D eigenvalue weighted by molar-refractivity contribution is -0.121. The van der Waals surface area contributed by atoms with Crippen molar-refractivity contribution in [3.63, 3.8) is 0 Å². The molecule has 1 aliphatic carbocycles. The molecule has 3 rings (SSSR count). The van der Waals surface area contributed by atoms with E-state index in [-0.39, 0.29) is 11.8 Å². The Morgan fingerprint density at radius 1 is 1.35 bits per heavy atom. The predicted octanol–water partition coefficient (Wildman–Crippen LogP) is 2.82. The van der Waals surface area contributed by atoms with E-state index in [9.17, 15) is 4.79 Å². The van der Waals surface area contributed by atoms with Crippen molar-refractivity contribution in [2.45, 2.75) is 25.8 Å². The molecular formula is C15H20BrN3O. The largest absolute Gasteiger partial charge is 0.381 e. The van der Waals surface area contributed by atoms with Crippen molar-refractivity contribution >= 4 is 33.2 Å². The van der Waals surface area contributed by atoms with Gasteiger partial charge in [0.1, 0.15) is 0 Å². The van der Waals surface area contributed by atoms with Crippen LogP contribution in [0.5, 0.6) is 0 Å². The highest BCUT2D eigenvalue weighted by Crippen LogP contribution is 2.32. The molecule has 0 spiro atoms. The molecule has 0 radical (unpaired) electrons. The van der Waals surface area contributed by atoms with Crippen molar-refractivity contribution < 1.29 is 4.79 Å². The lowest BCUT2D eigenvalue weighted by Gasteiger charge is -2.31. The predicted molar refractivity (Wildman–Crippen MR) is 84.9 cm³/mol. The number of halogens is 1. The fourth-order valence-corrected chi connectivity index (χ4v) is 2.68. The SMILES string of the molecule is CC(C(=O)Nc1cc(Br)ccc1NC1CC1)C1CNC1. The summed E-state index contributed by atoms with van der Waals surface area (Å²) < 4.78 is 0.979. The first-order chi connectivity index (χ1) is 9.63. The number of anilines is 2. The van der Waals surface area contributed by atoms with E-state index in [0.717, 1.165) is 28.9 Å². The molecule has 5 heteroatoms. The molecule has 2 aliphatic rings. The van der Waals surface area contributed by atoms with Crippen molar-refractivity contribution in [2.75, 3.05) is 23.7 Å². The van der Waals surface area contributed by atoms with Crippen LogP contribution in [0.3, 0.4) is 0 Å². The maximum atomic E-state index is 12.3. The Morgan fingerprint density at radius 2 is 2.10 bits per heavy atom. The van der Waals surface area contributed by atoms with Crippen LogP contribution < -0.4 is 16.0 Å². The maximum absolute atomic E-state index is 12.3. The third-order valence-corrected chi connectivity index (χ3v) is 4.60. The molecule has 0 bridgehead atoms. The van der Waals surface area contributed by atoms with Crippen LogP contribution in [-0.4, -0.2) is 25.0 Å². The summed E-state index contributed by atoms with van der Waals surface area (Å²) in [6.45, 7) is 3.90. The Bertz CT molecular complexity index is 512. The average molecular weight is 338 g/mol.